The summed E-state index contributed by atoms with van der Waals surface area (Å²) in [5.41, 5.74) is 0. The molecule has 4 nitrogen and oxygen atoms in total. The maximum Gasteiger partial charge on any atom is 0.258 e. The van der Waals surface area contributed by atoms with E-state index in [1.807, 2.05) is 0 Å². The molecule has 116 valence electrons. The molecule has 0 bridgehead atoms. The molecular weight excluding hydrogens is 295 g/mol. The Kier molecular flexibility index (Phi) is 5.82. The van der Waals surface area contributed by atoms with E-state index in [9.17, 15) is 9.18 Å². The number of likely N-dealkylation sites (tertiary alicyclic amines) is 1. The van der Waals surface area contributed by atoms with Gasteiger partial charge < -0.3 is 15.0 Å². The van der Waals surface area contributed by atoms with Crippen molar-refractivity contribution in [2.24, 2.45) is 0 Å². The van der Waals surface area contributed by atoms with E-state index >= 15 is 0 Å². The smallest absolute Gasteiger partial charge is 0.258 e. The van der Waals surface area contributed by atoms with Crippen molar-refractivity contribution in [3.63, 3.8) is 0 Å². The highest BCUT2D eigenvalue weighted by atomic mass is 35.5. The fraction of sp³-hybridized carbons (Fsp3) is 0.533. The Morgan fingerprint density at radius 1 is 1.48 bits per heavy atom. The maximum absolute atomic E-state index is 12.9. The molecule has 21 heavy (non-hydrogen) atoms. The molecule has 1 aromatic carbocycles. The first-order valence-electron chi connectivity index (χ1n) is 7.18. The van der Waals surface area contributed by atoms with Gasteiger partial charge in [0.2, 0.25) is 0 Å². The molecule has 0 aromatic heterocycles. The Morgan fingerprint density at radius 2 is 2.19 bits per heavy atom. The summed E-state index contributed by atoms with van der Waals surface area (Å²) in [5.74, 6) is -0.293. The minimum atomic E-state index is -0.431. The Morgan fingerprint density at radius 3 is 2.81 bits per heavy atom. The van der Waals surface area contributed by atoms with E-state index in [1.165, 1.54) is 12.1 Å². The summed E-state index contributed by atoms with van der Waals surface area (Å²) in [7, 11) is 0. The van der Waals surface area contributed by atoms with Crippen LogP contribution in [-0.4, -0.2) is 43.1 Å². The number of ether oxygens (including phenoxy) is 1. The fourth-order valence-corrected chi connectivity index (χ4v) is 2.62. The highest BCUT2D eigenvalue weighted by molar-refractivity contribution is 6.32. The van der Waals surface area contributed by atoms with Gasteiger partial charge in [-0.1, -0.05) is 18.5 Å². The Hall–Kier alpha value is -1.33. The first-order valence-corrected chi connectivity index (χ1v) is 7.56. The molecule has 1 saturated heterocycles. The lowest BCUT2D eigenvalue weighted by Crippen LogP contribution is -2.45. The molecule has 6 heteroatoms. The summed E-state index contributed by atoms with van der Waals surface area (Å²) in [6, 6.07) is 4.03. The van der Waals surface area contributed by atoms with Crippen LogP contribution in [0, 0.1) is 5.82 Å². The Bertz CT molecular complexity index is 491. The molecule has 0 unspecified atom stereocenters. The number of carbonyl (C=O) groups excluding carboxylic acids is 1. The van der Waals surface area contributed by atoms with Crippen molar-refractivity contribution in [3.8, 4) is 5.75 Å². The molecule has 1 aliphatic rings. The quantitative estimate of drug-likeness (QED) is 0.907. The van der Waals surface area contributed by atoms with E-state index in [0.717, 1.165) is 38.5 Å². The molecule has 2 rings (SSSR count). The zero-order valence-corrected chi connectivity index (χ0v) is 12.8. The van der Waals surface area contributed by atoms with Gasteiger partial charge in [0.05, 0.1) is 5.02 Å². The highest BCUT2D eigenvalue weighted by Crippen LogP contribution is 2.24. The lowest BCUT2D eigenvalue weighted by Gasteiger charge is -2.31. The van der Waals surface area contributed by atoms with E-state index in [-0.39, 0.29) is 23.6 Å². The standard InChI is InChI=1S/C15H20ClFN2O2/c1-2-19-7-5-12(6-8-19)18-15(20)10-21-14-4-3-11(17)9-13(14)16/h3-4,9,12H,2,5-8,10H2,1H3,(H,18,20). The second-order valence-corrected chi connectivity index (χ2v) is 5.55. The van der Waals surface area contributed by atoms with Crippen LogP contribution < -0.4 is 10.1 Å². The van der Waals surface area contributed by atoms with E-state index in [1.54, 1.807) is 0 Å². The molecule has 1 N–H and O–H groups in total. The molecule has 1 amide bonds. The fourth-order valence-electron chi connectivity index (χ4n) is 2.40. The van der Waals surface area contributed by atoms with E-state index in [0.29, 0.717) is 5.75 Å². The highest BCUT2D eigenvalue weighted by Gasteiger charge is 2.19. The summed E-state index contributed by atoms with van der Waals surface area (Å²) in [6.45, 7) is 5.09. The summed E-state index contributed by atoms with van der Waals surface area (Å²) in [4.78, 5) is 14.2. The van der Waals surface area contributed by atoms with Crippen LogP contribution in [-0.2, 0) is 4.79 Å². The van der Waals surface area contributed by atoms with Gasteiger partial charge in [-0.15, -0.1) is 0 Å². The van der Waals surface area contributed by atoms with Gasteiger partial charge in [0, 0.05) is 19.1 Å². The van der Waals surface area contributed by atoms with Crippen molar-refractivity contribution in [1.29, 1.82) is 0 Å². The van der Waals surface area contributed by atoms with Gasteiger partial charge in [-0.2, -0.15) is 0 Å². The van der Waals surface area contributed by atoms with Gasteiger partial charge in [0.1, 0.15) is 11.6 Å². The van der Waals surface area contributed by atoms with Gasteiger partial charge in [0.25, 0.3) is 5.91 Å². The number of hydrogen-bond donors (Lipinski definition) is 1. The van der Waals surface area contributed by atoms with Crippen molar-refractivity contribution in [2.75, 3.05) is 26.2 Å². The number of nitrogens with zero attached hydrogens (tertiary/aromatic N) is 1. The zero-order chi connectivity index (χ0) is 15.2. The first kappa shape index (κ1) is 16.0. The molecule has 0 atom stereocenters. The van der Waals surface area contributed by atoms with Crippen LogP contribution >= 0.6 is 11.6 Å². The third-order valence-electron chi connectivity index (χ3n) is 3.65. The minimum absolute atomic E-state index is 0.112. The molecular formula is C15H20ClFN2O2. The van der Waals surface area contributed by atoms with Gasteiger partial charge in [-0.3, -0.25) is 4.79 Å². The van der Waals surface area contributed by atoms with E-state index in [2.05, 4.69) is 17.1 Å². The average molecular weight is 315 g/mol. The van der Waals surface area contributed by atoms with Crippen molar-refractivity contribution in [3.05, 3.63) is 29.0 Å². The number of carbonyl (C=O) groups is 1. The lowest BCUT2D eigenvalue weighted by molar-refractivity contribution is -0.124. The van der Waals surface area contributed by atoms with Gasteiger partial charge in [-0.05, 0) is 37.6 Å². The average Bonchev–Trinajstić information content (AvgIpc) is 2.47. The molecule has 1 aromatic rings. The largest absolute Gasteiger partial charge is 0.482 e. The monoisotopic (exact) mass is 314 g/mol. The predicted molar refractivity (Wildman–Crippen MR) is 80.2 cm³/mol. The maximum atomic E-state index is 12.9. The van der Waals surface area contributed by atoms with Crippen LogP contribution in [0.25, 0.3) is 0 Å². The number of piperidine rings is 1. The Labute approximate surface area is 129 Å². The number of hydrogen-bond acceptors (Lipinski definition) is 3. The number of benzene rings is 1. The SMILES string of the molecule is CCN1CCC(NC(=O)COc2ccc(F)cc2Cl)CC1. The van der Waals surface area contributed by atoms with Crippen molar-refractivity contribution >= 4 is 17.5 Å². The third kappa shape index (κ3) is 4.86. The van der Waals surface area contributed by atoms with Crippen molar-refractivity contribution in [1.82, 2.24) is 10.2 Å². The zero-order valence-electron chi connectivity index (χ0n) is 12.1. The lowest BCUT2D eigenvalue weighted by atomic mass is 10.1. The summed E-state index contributed by atoms with van der Waals surface area (Å²) in [6.07, 6.45) is 1.91. The van der Waals surface area contributed by atoms with E-state index < -0.39 is 5.82 Å². The number of amides is 1. The predicted octanol–water partition coefficient (Wildman–Crippen LogP) is 2.46. The molecule has 0 saturated carbocycles. The van der Waals surface area contributed by atoms with Crippen LogP contribution in [0.5, 0.6) is 5.75 Å². The summed E-state index contributed by atoms with van der Waals surface area (Å²) >= 11 is 5.83. The molecule has 0 spiro atoms. The van der Waals surface area contributed by atoms with Crippen LogP contribution in [0.15, 0.2) is 18.2 Å². The van der Waals surface area contributed by atoms with Crippen LogP contribution in [0.1, 0.15) is 19.8 Å². The first-order chi connectivity index (χ1) is 10.1. The molecule has 1 fully saturated rings. The normalized spacial score (nSPS) is 16.7. The molecule has 1 heterocycles. The number of rotatable bonds is 5. The van der Waals surface area contributed by atoms with Crippen LogP contribution in [0.4, 0.5) is 4.39 Å². The Balaban J connectivity index is 1.75. The van der Waals surface area contributed by atoms with Crippen molar-refractivity contribution in [2.45, 2.75) is 25.8 Å². The second kappa shape index (κ2) is 7.61. The second-order valence-electron chi connectivity index (χ2n) is 5.14. The van der Waals surface area contributed by atoms with Crippen LogP contribution in [0.2, 0.25) is 5.02 Å². The van der Waals surface area contributed by atoms with Gasteiger partial charge >= 0.3 is 0 Å². The van der Waals surface area contributed by atoms with Crippen molar-refractivity contribution < 1.29 is 13.9 Å². The minimum Gasteiger partial charge on any atom is -0.482 e. The number of nitrogens with one attached hydrogen (secondary N) is 1. The summed E-state index contributed by atoms with van der Waals surface area (Å²) in [5, 5.41) is 3.12. The third-order valence-corrected chi connectivity index (χ3v) is 3.95. The molecule has 0 radical (unpaired) electrons. The van der Waals surface area contributed by atoms with E-state index in [4.69, 9.17) is 16.3 Å². The molecule has 0 aliphatic carbocycles. The van der Waals surface area contributed by atoms with Gasteiger partial charge in [-0.25, -0.2) is 4.39 Å². The number of halogens is 2. The molecule has 1 aliphatic heterocycles. The summed E-state index contributed by atoms with van der Waals surface area (Å²) < 4.78 is 18.2. The van der Waals surface area contributed by atoms with Crippen LogP contribution in [0.3, 0.4) is 0 Å². The van der Waals surface area contributed by atoms with Gasteiger partial charge in [0.15, 0.2) is 6.61 Å². The topological polar surface area (TPSA) is 41.6 Å².